The molecule has 1 N–H and O–H groups in total. The highest BCUT2D eigenvalue weighted by atomic mass is 35.5. The lowest BCUT2D eigenvalue weighted by Crippen LogP contribution is -2.09. The van der Waals surface area contributed by atoms with Crippen molar-refractivity contribution >= 4 is 28.9 Å². The molecule has 2 nitrogen and oxygen atoms in total. The Morgan fingerprint density at radius 1 is 1.10 bits per heavy atom. The minimum Gasteiger partial charge on any atom is -0.496 e. The molecule has 4 heteroatoms. The number of aryl methyl sites for hydroxylation is 1. The largest absolute Gasteiger partial charge is 0.496 e. The first-order valence-corrected chi connectivity index (χ1v) is 7.55. The van der Waals surface area contributed by atoms with E-state index in [0.717, 1.165) is 28.1 Å². The number of methoxy groups -OCH3 is 1. The van der Waals surface area contributed by atoms with Crippen molar-refractivity contribution < 1.29 is 4.74 Å². The summed E-state index contributed by atoms with van der Waals surface area (Å²) >= 11 is 12.3. The Morgan fingerprint density at radius 3 is 2.48 bits per heavy atom. The number of hydrogen-bond acceptors (Lipinski definition) is 2. The monoisotopic (exact) mass is 323 g/mol. The molecule has 0 amide bonds. The van der Waals surface area contributed by atoms with E-state index in [1.54, 1.807) is 13.2 Å². The summed E-state index contributed by atoms with van der Waals surface area (Å²) in [5.74, 6) is 0.907. The predicted octanol–water partition coefficient (Wildman–Crippen LogP) is 5.79. The van der Waals surface area contributed by atoms with Gasteiger partial charge in [0.1, 0.15) is 5.75 Å². The molecule has 112 valence electrons. The van der Waals surface area contributed by atoms with Crippen molar-refractivity contribution in [1.29, 1.82) is 0 Å². The molecule has 0 aliphatic carbocycles. The molecule has 0 bridgehead atoms. The van der Waals surface area contributed by atoms with Gasteiger partial charge in [-0.1, -0.05) is 29.3 Å². The first-order chi connectivity index (χ1) is 9.93. The van der Waals surface area contributed by atoms with Crippen LogP contribution in [0.2, 0.25) is 10.0 Å². The molecule has 1 unspecified atom stereocenters. The standard InChI is InChI=1S/C17H19Cl2NO/c1-10-5-8-16(11(2)17(10)21-4)20-12(3)14-9-13(18)6-7-15(14)19/h5-9,12,20H,1-4H3. The number of halogens is 2. The molecule has 0 spiro atoms. The summed E-state index contributed by atoms with van der Waals surface area (Å²) in [6, 6.07) is 9.65. The molecule has 0 saturated heterocycles. The maximum Gasteiger partial charge on any atom is 0.126 e. The topological polar surface area (TPSA) is 21.3 Å². The van der Waals surface area contributed by atoms with E-state index in [9.17, 15) is 0 Å². The van der Waals surface area contributed by atoms with E-state index in [4.69, 9.17) is 27.9 Å². The van der Waals surface area contributed by atoms with Crippen molar-refractivity contribution in [2.45, 2.75) is 26.8 Å². The van der Waals surface area contributed by atoms with Crippen LogP contribution in [-0.4, -0.2) is 7.11 Å². The van der Waals surface area contributed by atoms with Crippen LogP contribution in [0.1, 0.15) is 29.7 Å². The zero-order valence-electron chi connectivity index (χ0n) is 12.6. The van der Waals surface area contributed by atoms with Gasteiger partial charge in [-0.2, -0.15) is 0 Å². The quantitative estimate of drug-likeness (QED) is 0.768. The molecule has 1 atom stereocenters. The fourth-order valence-corrected chi connectivity index (χ4v) is 2.92. The minimum atomic E-state index is 0.0438. The van der Waals surface area contributed by atoms with Crippen molar-refractivity contribution in [3.63, 3.8) is 0 Å². The number of ether oxygens (including phenoxy) is 1. The summed E-state index contributed by atoms with van der Waals surface area (Å²) in [6.07, 6.45) is 0. The van der Waals surface area contributed by atoms with Crippen LogP contribution in [0.3, 0.4) is 0 Å². The molecule has 2 aromatic rings. The van der Waals surface area contributed by atoms with Crippen LogP contribution in [0.25, 0.3) is 0 Å². The van der Waals surface area contributed by atoms with Crippen molar-refractivity contribution in [2.75, 3.05) is 12.4 Å². The van der Waals surface area contributed by atoms with Crippen LogP contribution in [0.4, 0.5) is 5.69 Å². The smallest absolute Gasteiger partial charge is 0.126 e. The Kier molecular flexibility index (Phi) is 5.02. The summed E-state index contributed by atoms with van der Waals surface area (Å²) in [7, 11) is 1.69. The second-order valence-electron chi connectivity index (χ2n) is 5.12. The first-order valence-electron chi connectivity index (χ1n) is 6.79. The Balaban J connectivity index is 2.32. The van der Waals surface area contributed by atoms with Gasteiger partial charge in [-0.05, 0) is 56.2 Å². The SMILES string of the molecule is COc1c(C)ccc(NC(C)c2cc(Cl)ccc2Cl)c1C. The van der Waals surface area contributed by atoms with Gasteiger partial charge in [0.05, 0.1) is 13.2 Å². The molecule has 0 aliphatic heterocycles. The number of benzene rings is 2. The number of rotatable bonds is 4. The summed E-state index contributed by atoms with van der Waals surface area (Å²) in [5, 5.41) is 4.86. The van der Waals surface area contributed by atoms with Crippen LogP contribution in [-0.2, 0) is 0 Å². The van der Waals surface area contributed by atoms with E-state index < -0.39 is 0 Å². The zero-order valence-corrected chi connectivity index (χ0v) is 14.1. The van der Waals surface area contributed by atoms with Gasteiger partial charge in [0.2, 0.25) is 0 Å². The Bertz CT molecular complexity index is 655. The summed E-state index contributed by atoms with van der Waals surface area (Å²) in [5.41, 5.74) is 4.21. The number of nitrogens with one attached hydrogen (secondary N) is 1. The maximum atomic E-state index is 6.26. The lowest BCUT2D eigenvalue weighted by Gasteiger charge is -2.20. The van der Waals surface area contributed by atoms with Gasteiger partial charge < -0.3 is 10.1 Å². The Morgan fingerprint density at radius 2 is 1.81 bits per heavy atom. The molecule has 0 fully saturated rings. The van der Waals surface area contributed by atoms with Gasteiger partial charge in [-0.25, -0.2) is 0 Å². The fourth-order valence-electron chi connectivity index (χ4n) is 2.45. The third-order valence-corrected chi connectivity index (χ3v) is 4.18. The molecular weight excluding hydrogens is 305 g/mol. The third kappa shape index (κ3) is 3.45. The second-order valence-corrected chi connectivity index (χ2v) is 5.96. The fraction of sp³-hybridized carbons (Fsp3) is 0.294. The first kappa shape index (κ1) is 16.0. The maximum absolute atomic E-state index is 6.26. The number of hydrogen-bond donors (Lipinski definition) is 1. The lowest BCUT2D eigenvalue weighted by atomic mass is 10.1. The average molecular weight is 324 g/mol. The zero-order chi connectivity index (χ0) is 15.6. The molecule has 0 saturated carbocycles. The lowest BCUT2D eigenvalue weighted by molar-refractivity contribution is 0.409. The predicted molar refractivity (Wildman–Crippen MR) is 91.0 cm³/mol. The van der Waals surface area contributed by atoms with Crippen molar-refractivity contribution in [2.24, 2.45) is 0 Å². The molecule has 0 aromatic heterocycles. The van der Waals surface area contributed by atoms with E-state index >= 15 is 0 Å². The van der Waals surface area contributed by atoms with Crippen LogP contribution >= 0.6 is 23.2 Å². The highest BCUT2D eigenvalue weighted by molar-refractivity contribution is 6.33. The number of anilines is 1. The van der Waals surface area contributed by atoms with Gasteiger partial charge in [0.25, 0.3) is 0 Å². The molecule has 2 rings (SSSR count). The van der Waals surface area contributed by atoms with Crippen LogP contribution in [0, 0.1) is 13.8 Å². The highest BCUT2D eigenvalue weighted by Crippen LogP contribution is 2.33. The van der Waals surface area contributed by atoms with E-state index in [2.05, 4.69) is 18.3 Å². The van der Waals surface area contributed by atoms with Gasteiger partial charge in [0, 0.05) is 21.3 Å². The van der Waals surface area contributed by atoms with Gasteiger partial charge in [0.15, 0.2) is 0 Å². The molecular formula is C17H19Cl2NO. The summed E-state index contributed by atoms with van der Waals surface area (Å²) < 4.78 is 5.46. The minimum absolute atomic E-state index is 0.0438. The Labute approximate surface area is 136 Å². The summed E-state index contributed by atoms with van der Waals surface area (Å²) in [6.45, 7) is 6.14. The molecule has 21 heavy (non-hydrogen) atoms. The van der Waals surface area contributed by atoms with Crippen molar-refractivity contribution in [3.8, 4) is 5.75 Å². The molecule has 0 heterocycles. The van der Waals surface area contributed by atoms with Crippen LogP contribution < -0.4 is 10.1 Å². The van der Waals surface area contributed by atoms with Gasteiger partial charge in [-0.15, -0.1) is 0 Å². The van der Waals surface area contributed by atoms with Gasteiger partial charge >= 0.3 is 0 Å². The molecule has 0 radical (unpaired) electrons. The van der Waals surface area contributed by atoms with Crippen molar-refractivity contribution in [3.05, 3.63) is 57.1 Å². The summed E-state index contributed by atoms with van der Waals surface area (Å²) in [4.78, 5) is 0. The third-order valence-electron chi connectivity index (χ3n) is 3.60. The Hall–Kier alpha value is -1.38. The van der Waals surface area contributed by atoms with Crippen molar-refractivity contribution in [1.82, 2.24) is 0 Å². The van der Waals surface area contributed by atoms with Crippen LogP contribution in [0.5, 0.6) is 5.75 Å². The van der Waals surface area contributed by atoms with E-state index in [0.29, 0.717) is 10.0 Å². The van der Waals surface area contributed by atoms with Crippen LogP contribution in [0.15, 0.2) is 30.3 Å². The van der Waals surface area contributed by atoms with Gasteiger partial charge in [-0.3, -0.25) is 0 Å². The normalized spacial score (nSPS) is 12.1. The highest BCUT2D eigenvalue weighted by Gasteiger charge is 2.13. The molecule has 2 aromatic carbocycles. The second kappa shape index (κ2) is 6.59. The van der Waals surface area contributed by atoms with E-state index in [1.165, 1.54) is 0 Å². The van der Waals surface area contributed by atoms with E-state index in [-0.39, 0.29) is 6.04 Å². The molecule has 0 aliphatic rings. The average Bonchev–Trinajstić information content (AvgIpc) is 2.45. The van der Waals surface area contributed by atoms with E-state index in [1.807, 2.05) is 32.0 Å².